The predicted octanol–water partition coefficient (Wildman–Crippen LogP) is 1.67. The number of thiazole rings is 1. The van der Waals surface area contributed by atoms with Gasteiger partial charge in [0, 0.05) is 23.7 Å². The first-order valence-corrected chi connectivity index (χ1v) is 6.44. The van der Waals surface area contributed by atoms with Crippen molar-refractivity contribution >= 4 is 17.3 Å². The van der Waals surface area contributed by atoms with E-state index in [2.05, 4.69) is 9.88 Å². The number of carbonyl (C=O) groups is 1. The largest absolute Gasteiger partial charge is 0.465 e. The topological polar surface area (TPSA) is 42.4 Å². The van der Waals surface area contributed by atoms with Crippen molar-refractivity contribution in [3.8, 4) is 0 Å². The normalized spacial score (nSPS) is 15.4. The molecule has 0 atom stereocenters. The molecule has 1 aliphatic rings. The lowest BCUT2D eigenvalue weighted by Crippen LogP contribution is -2.32. The Morgan fingerprint density at radius 1 is 1.69 bits per heavy atom. The second kappa shape index (κ2) is 5.41. The molecule has 1 aromatic rings. The zero-order valence-electron chi connectivity index (χ0n) is 9.39. The summed E-state index contributed by atoms with van der Waals surface area (Å²) in [6, 6.07) is 0.562. The molecule has 4 nitrogen and oxygen atoms in total. The van der Waals surface area contributed by atoms with Crippen molar-refractivity contribution in [1.29, 1.82) is 0 Å². The zero-order chi connectivity index (χ0) is 11.4. The van der Waals surface area contributed by atoms with Gasteiger partial charge in [0.25, 0.3) is 0 Å². The number of aromatic nitrogens is 1. The number of hydrogen-bond donors (Lipinski definition) is 0. The van der Waals surface area contributed by atoms with Gasteiger partial charge in [-0.15, -0.1) is 11.3 Å². The van der Waals surface area contributed by atoms with Crippen molar-refractivity contribution in [2.45, 2.75) is 32.4 Å². The highest BCUT2D eigenvalue weighted by atomic mass is 32.1. The molecule has 0 amide bonds. The Hall–Kier alpha value is -0.940. The quantitative estimate of drug-likeness (QED) is 0.709. The lowest BCUT2D eigenvalue weighted by atomic mass is 10.4. The summed E-state index contributed by atoms with van der Waals surface area (Å²) < 4.78 is 4.98. The van der Waals surface area contributed by atoms with Crippen LogP contribution in [0.3, 0.4) is 0 Å². The maximum Gasteiger partial charge on any atom is 0.320 e. The van der Waals surface area contributed by atoms with E-state index in [9.17, 15) is 4.79 Å². The van der Waals surface area contributed by atoms with Crippen LogP contribution in [0.1, 0.15) is 24.6 Å². The fraction of sp³-hybridized carbons (Fsp3) is 0.636. The minimum absolute atomic E-state index is 0.126. The van der Waals surface area contributed by atoms with Crippen LogP contribution in [0.4, 0.5) is 0 Å². The van der Waals surface area contributed by atoms with Crippen molar-refractivity contribution in [3.63, 3.8) is 0 Å². The number of carbonyl (C=O) groups excluding carboxylic acids is 1. The van der Waals surface area contributed by atoms with E-state index in [0.717, 1.165) is 6.54 Å². The lowest BCUT2D eigenvalue weighted by Gasteiger charge is -2.19. The van der Waals surface area contributed by atoms with E-state index < -0.39 is 0 Å². The molecule has 0 spiro atoms. The molecule has 88 valence electrons. The van der Waals surface area contributed by atoms with E-state index in [1.807, 2.05) is 18.6 Å². The van der Waals surface area contributed by atoms with Crippen molar-refractivity contribution in [2.75, 3.05) is 13.2 Å². The van der Waals surface area contributed by atoms with Crippen LogP contribution in [0.15, 0.2) is 11.7 Å². The summed E-state index contributed by atoms with van der Waals surface area (Å²) in [4.78, 5) is 18.9. The second-order valence-corrected chi connectivity index (χ2v) is 4.88. The fourth-order valence-corrected chi connectivity index (χ4v) is 2.27. The molecule has 0 radical (unpaired) electrons. The highest BCUT2D eigenvalue weighted by Gasteiger charge is 2.30. The van der Waals surface area contributed by atoms with Crippen molar-refractivity contribution in [3.05, 3.63) is 16.6 Å². The summed E-state index contributed by atoms with van der Waals surface area (Å²) in [7, 11) is 0. The third kappa shape index (κ3) is 3.28. The number of hydrogen-bond acceptors (Lipinski definition) is 5. The van der Waals surface area contributed by atoms with Crippen molar-refractivity contribution < 1.29 is 9.53 Å². The SMILES string of the molecule is CCOC(=O)CN(Cc1cncs1)C1CC1. The minimum Gasteiger partial charge on any atom is -0.465 e. The number of ether oxygens (including phenoxy) is 1. The molecular weight excluding hydrogens is 224 g/mol. The first kappa shape index (κ1) is 11.5. The molecule has 1 saturated carbocycles. The van der Waals surface area contributed by atoms with E-state index in [4.69, 9.17) is 4.74 Å². The minimum atomic E-state index is -0.126. The molecule has 0 aromatic carbocycles. The Balaban J connectivity index is 1.87. The second-order valence-electron chi connectivity index (χ2n) is 3.91. The van der Waals surface area contributed by atoms with Crippen LogP contribution in [0, 0.1) is 0 Å². The average molecular weight is 240 g/mol. The van der Waals surface area contributed by atoms with Crippen LogP contribution < -0.4 is 0 Å². The smallest absolute Gasteiger partial charge is 0.320 e. The van der Waals surface area contributed by atoms with Gasteiger partial charge in [0.05, 0.1) is 18.7 Å². The molecule has 2 rings (SSSR count). The number of nitrogens with zero attached hydrogens (tertiary/aromatic N) is 2. The molecule has 16 heavy (non-hydrogen) atoms. The van der Waals surface area contributed by atoms with Crippen LogP contribution in [-0.2, 0) is 16.1 Å². The average Bonchev–Trinajstić information content (AvgIpc) is 2.98. The molecule has 0 N–H and O–H groups in total. The highest BCUT2D eigenvalue weighted by molar-refractivity contribution is 7.09. The molecule has 0 unspecified atom stereocenters. The monoisotopic (exact) mass is 240 g/mol. The molecule has 1 fully saturated rings. The molecule has 1 aliphatic carbocycles. The van der Waals surface area contributed by atoms with Crippen molar-refractivity contribution in [2.24, 2.45) is 0 Å². The van der Waals surface area contributed by atoms with Crippen LogP contribution >= 0.6 is 11.3 Å². The van der Waals surface area contributed by atoms with Gasteiger partial charge in [0.15, 0.2) is 0 Å². The van der Waals surface area contributed by atoms with Crippen LogP contribution in [0.2, 0.25) is 0 Å². The van der Waals surface area contributed by atoms with Gasteiger partial charge in [-0.2, -0.15) is 0 Å². The Bertz CT molecular complexity index is 336. The van der Waals surface area contributed by atoms with Gasteiger partial charge in [-0.3, -0.25) is 14.7 Å². The van der Waals surface area contributed by atoms with Gasteiger partial charge < -0.3 is 4.74 Å². The summed E-state index contributed by atoms with van der Waals surface area (Å²) in [6.45, 7) is 3.50. The first-order valence-electron chi connectivity index (χ1n) is 5.56. The van der Waals surface area contributed by atoms with Gasteiger partial charge in [-0.1, -0.05) is 0 Å². The Morgan fingerprint density at radius 3 is 3.06 bits per heavy atom. The summed E-state index contributed by atoms with van der Waals surface area (Å²) >= 11 is 1.63. The van der Waals surface area contributed by atoms with Gasteiger partial charge in [-0.25, -0.2) is 0 Å². The zero-order valence-corrected chi connectivity index (χ0v) is 10.2. The van der Waals surface area contributed by atoms with E-state index in [-0.39, 0.29) is 5.97 Å². The standard InChI is InChI=1S/C11H16N2O2S/c1-2-15-11(14)7-13(9-3-4-9)6-10-5-12-8-16-10/h5,8-9H,2-4,6-7H2,1H3. The lowest BCUT2D eigenvalue weighted by molar-refractivity contribution is -0.144. The maximum atomic E-state index is 11.4. The van der Waals surface area contributed by atoms with Crippen molar-refractivity contribution in [1.82, 2.24) is 9.88 Å². The van der Waals surface area contributed by atoms with Crippen LogP contribution in [-0.4, -0.2) is 35.0 Å². The van der Waals surface area contributed by atoms with Gasteiger partial charge >= 0.3 is 5.97 Å². The number of esters is 1. The molecular formula is C11H16N2O2S. The van der Waals surface area contributed by atoms with Crippen LogP contribution in [0.5, 0.6) is 0 Å². The first-order chi connectivity index (χ1) is 7.79. The Labute approximate surface area is 99.2 Å². The molecule has 1 aromatic heterocycles. The Kier molecular flexibility index (Phi) is 3.90. The summed E-state index contributed by atoms with van der Waals surface area (Å²) in [6.07, 6.45) is 4.25. The highest BCUT2D eigenvalue weighted by Crippen LogP contribution is 2.28. The maximum absolute atomic E-state index is 11.4. The Morgan fingerprint density at radius 2 is 2.50 bits per heavy atom. The van der Waals surface area contributed by atoms with E-state index >= 15 is 0 Å². The molecule has 5 heteroatoms. The summed E-state index contributed by atoms with van der Waals surface area (Å²) in [5.74, 6) is -0.126. The molecule has 0 saturated heterocycles. The third-order valence-corrected chi connectivity index (χ3v) is 3.31. The third-order valence-electron chi connectivity index (χ3n) is 2.54. The summed E-state index contributed by atoms with van der Waals surface area (Å²) in [5.41, 5.74) is 1.82. The predicted molar refractivity (Wildman–Crippen MR) is 62.2 cm³/mol. The van der Waals surface area contributed by atoms with E-state index in [1.165, 1.54) is 17.7 Å². The molecule has 1 heterocycles. The van der Waals surface area contributed by atoms with Gasteiger partial charge in [0.2, 0.25) is 0 Å². The van der Waals surface area contributed by atoms with Gasteiger partial charge in [0.1, 0.15) is 0 Å². The van der Waals surface area contributed by atoms with Gasteiger partial charge in [-0.05, 0) is 19.8 Å². The van der Waals surface area contributed by atoms with Crippen LogP contribution in [0.25, 0.3) is 0 Å². The molecule has 0 aliphatic heterocycles. The molecule has 0 bridgehead atoms. The van der Waals surface area contributed by atoms with E-state index in [1.54, 1.807) is 11.3 Å². The van der Waals surface area contributed by atoms with E-state index in [0.29, 0.717) is 19.2 Å². The fourth-order valence-electron chi connectivity index (χ4n) is 1.65. The summed E-state index contributed by atoms with van der Waals surface area (Å²) in [5, 5.41) is 0. The number of rotatable bonds is 6.